The zero-order valence-corrected chi connectivity index (χ0v) is 13.6. The molecule has 1 N–H and O–H groups in total. The van der Waals surface area contributed by atoms with Gasteiger partial charge in [0.15, 0.2) is 9.84 Å². The number of hydrogen-bond donors (Lipinski definition) is 1. The number of fused-ring (bicyclic) bond motifs is 1. The second-order valence-electron chi connectivity index (χ2n) is 5.72. The van der Waals surface area contributed by atoms with Gasteiger partial charge in [-0.15, -0.1) is 0 Å². The Bertz CT molecular complexity index is 928. The molecule has 0 saturated heterocycles. The molecule has 118 valence electrons. The van der Waals surface area contributed by atoms with E-state index in [1.54, 1.807) is 30.3 Å². The number of rotatable bonds is 4. The van der Waals surface area contributed by atoms with Crippen LogP contribution >= 0.6 is 0 Å². The zero-order chi connectivity index (χ0) is 16.4. The lowest BCUT2D eigenvalue weighted by Gasteiger charge is -2.13. The average molecular weight is 326 g/mol. The maximum Gasteiger partial charge on any atom is 0.181 e. The summed E-state index contributed by atoms with van der Waals surface area (Å²) in [5.41, 5.74) is 1.61. The van der Waals surface area contributed by atoms with Crippen molar-refractivity contribution in [1.29, 1.82) is 0 Å². The second-order valence-corrected chi connectivity index (χ2v) is 7.75. The molecule has 3 aromatic rings. The number of benzene rings is 3. The van der Waals surface area contributed by atoms with Crippen molar-refractivity contribution in [3.05, 3.63) is 77.9 Å². The van der Waals surface area contributed by atoms with Crippen LogP contribution < -0.4 is 0 Å². The quantitative estimate of drug-likeness (QED) is 0.796. The van der Waals surface area contributed by atoms with Crippen LogP contribution in [0.2, 0.25) is 0 Å². The minimum atomic E-state index is -3.53. The molecule has 3 rings (SSSR count). The molecule has 0 heterocycles. The molecular weight excluding hydrogens is 308 g/mol. The summed E-state index contributed by atoms with van der Waals surface area (Å²) in [6.45, 7) is 1.90. The molecule has 0 aliphatic carbocycles. The van der Waals surface area contributed by atoms with Crippen molar-refractivity contribution >= 4 is 20.6 Å². The van der Waals surface area contributed by atoms with E-state index in [2.05, 4.69) is 0 Å². The summed E-state index contributed by atoms with van der Waals surface area (Å²) in [4.78, 5) is 0.239. The number of hydrogen-bond acceptors (Lipinski definition) is 3. The normalized spacial score (nSPS) is 13.1. The molecule has 3 aromatic carbocycles. The molecule has 1 unspecified atom stereocenters. The largest absolute Gasteiger partial charge is 0.387 e. The van der Waals surface area contributed by atoms with Gasteiger partial charge in [0, 0.05) is 0 Å². The maximum atomic E-state index is 12.4. The molecule has 0 radical (unpaired) electrons. The van der Waals surface area contributed by atoms with E-state index < -0.39 is 15.9 Å². The first-order chi connectivity index (χ1) is 11.0. The zero-order valence-electron chi connectivity index (χ0n) is 12.8. The number of aliphatic hydroxyl groups excluding tert-OH is 1. The van der Waals surface area contributed by atoms with Crippen LogP contribution in [0.1, 0.15) is 17.2 Å². The molecule has 0 saturated carbocycles. The van der Waals surface area contributed by atoms with Gasteiger partial charge in [0.1, 0.15) is 0 Å². The lowest BCUT2D eigenvalue weighted by Crippen LogP contribution is -2.14. The van der Waals surface area contributed by atoms with Crippen molar-refractivity contribution in [2.45, 2.75) is 17.9 Å². The third kappa shape index (κ3) is 3.44. The SMILES string of the molecule is Cc1ccc(S(=O)(=O)CC(O)c2ccc3ccccc3c2)cc1. The van der Waals surface area contributed by atoms with Crippen LogP contribution in [-0.2, 0) is 9.84 Å². The van der Waals surface area contributed by atoms with Crippen LogP contribution in [-0.4, -0.2) is 19.3 Å². The lowest BCUT2D eigenvalue weighted by atomic mass is 10.0. The summed E-state index contributed by atoms with van der Waals surface area (Å²) in [5.74, 6) is -0.325. The molecule has 3 nitrogen and oxygen atoms in total. The highest BCUT2D eigenvalue weighted by Crippen LogP contribution is 2.23. The second kappa shape index (κ2) is 6.14. The number of sulfone groups is 1. The van der Waals surface area contributed by atoms with Gasteiger partial charge in [-0.2, -0.15) is 0 Å². The van der Waals surface area contributed by atoms with E-state index in [4.69, 9.17) is 0 Å². The Labute approximate surface area is 136 Å². The van der Waals surface area contributed by atoms with Crippen molar-refractivity contribution < 1.29 is 13.5 Å². The summed E-state index contributed by atoms with van der Waals surface area (Å²) in [6.07, 6.45) is -1.05. The average Bonchev–Trinajstić information content (AvgIpc) is 2.54. The molecule has 0 amide bonds. The van der Waals surface area contributed by atoms with Gasteiger partial charge in [-0.05, 0) is 41.5 Å². The lowest BCUT2D eigenvalue weighted by molar-refractivity contribution is 0.202. The van der Waals surface area contributed by atoms with E-state index in [1.807, 2.05) is 43.3 Å². The highest BCUT2D eigenvalue weighted by Gasteiger charge is 2.21. The molecule has 4 heteroatoms. The van der Waals surface area contributed by atoms with E-state index in [1.165, 1.54) is 0 Å². The first-order valence-corrected chi connectivity index (χ1v) is 9.07. The van der Waals surface area contributed by atoms with Gasteiger partial charge in [0.25, 0.3) is 0 Å². The van der Waals surface area contributed by atoms with Gasteiger partial charge >= 0.3 is 0 Å². The Kier molecular flexibility index (Phi) is 4.20. The third-order valence-electron chi connectivity index (χ3n) is 3.92. The summed E-state index contributed by atoms with van der Waals surface area (Å²) in [6, 6.07) is 20.0. The highest BCUT2D eigenvalue weighted by atomic mass is 32.2. The van der Waals surface area contributed by atoms with Crippen molar-refractivity contribution in [1.82, 2.24) is 0 Å². The molecule has 0 aliphatic rings. The van der Waals surface area contributed by atoms with Crippen LogP contribution in [0.3, 0.4) is 0 Å². The summed E-state index contributed by atoms with van der Waals surface area (Å²) >= 11 is 0. The Morgan fingerprint density at radius 2 is 1.57 bits per heavy atom. The van der Waals surface area contributed by atoms with Crippen molar-refractivity contribution in [2.24, 2.45) is 0 Å². The fourth-order valence-electron chi connectivity index (χ4n) is 2.56. The molecule has 0 fully saturated rings. The minimum Gasteiger partial charge on any atom is -0.387 e. The molecule has 0 bridgehead atoms. The molecule has 1 atom stereocenters. The van der Waals surface area contributed by atoms with Crippen molar-refractivity contribution in [3.8, 4) is 0 Å². The first-order valence-electron chi connectivity index (χ1n) is 7.42. The van der Waals surface area contributed by atoms with E-state index in [-0.39, 0.29) is 10.6 Å². The summed E-state index contributed by atoms with van der Waals surface area (Å²) in [7, 11) is -3.53. The molecular formula is C19H18O3S. The monoisotopic (exact) mass is 326 g/mol. The van der Waals surface area contributed by atoms with Crippen LogP contribution in [0.25, 0.3) is 10.8 Å². The van der Waals surface area contributed by atoms with Crippen molar-refractivity contribution in [2.75, 3.05) is 5.75 Å². The summed E-state index contributed by atoms with van der Waals surface area (Å²) < 4.78 is 24.9. The fourth-order valence-corrected chi connectivity index (χ4v) is 3.91. The Balaban J connectivity index is 1.87. The van der Waals surface area contributed by atoms with Gasteiger partial charge in [-0.25, -0.2) is 8.42 Å². The topological polar surface area (TPSA) is 54.4 Å². The van der Waals surface area contributed by atoms with Gasteiger partial charge < -0.3 is 5.11 Å². The third-order valence-corrected chi connectivity index (χ3v) is 5.66. The van der Waals surface area contributed by atoms with Crippen LogP contribution in [0.15, 0.2) is 71.6 Å². The maximum absolute atomic E-state index is 12.4. The van der Waals surface area contributed by atoms with Gasteiger partial charge in [-0.3, -0.25) is 0 Å². The molecule has 0 aromatic heterocycles. The Hall–Kier alpha value is -2.17. The van der Waals surface area contributed by atoms with Crippen LogP contribution in [0.4, 0.5) is 0 Å². The smallest absolute Gasteiger partial charge is 0.181 e. The van der Waals surface area contributed by atoms with Crippen molar-refractivity contribution in [3.63, 3.8) is 0 Å². The Morgan fingerprint density at radius 1 is 0.913 bits per heavy atom. The predicted molar refractivity (Wildman–Crippen MR) is 92.1 cm³/mol. The highest BCUT2D eigenvalue weighted by molar-refractivity contribution is 7.91. The molecule has 0 spiro atoms. The van der Waals surface area contributed by atoms with Crippen LogP contribution in [0.5, 0.6) is 0 Å². The van der Waals surface area contributed by atoms with Gasteiger partial charge in [0.2, 0.25) is 0 Å². The fraction of sp³-hybridized carbons (Fsp3) is 0.158. The minimum absolute atomic E-state index is 0.239. The molecule has 0 aliphatic heterocycles. The molecule has 23 heavy (non-hydrogen) atoms. The van der Waals surface area contributed by atoms with E-state index in [9.17, 15) is 13.5 Å². The number of aryl methyl sites for hydroxylation is 1. The number of aliphatic hydroxyl groups is 1. The van der Waals surface area contributed by atoms with Crippen LogP contribution in [0, 0.1) is 6.92 Å². The van der Waals surface area contributed by atoms with Gasteiger partial charge in [0.05, 0.1) is 16.8 Å². The predicted octanol–water partition coefficient (Wildman–Crippen LogP) is 3.66. The summed E-state index contributed by atoms with van der Waals surface area (Å²) in [5, 5.41) is 12.4. The first kappa shape index (κ1) is 15.7. The van der Waals surface area contributed by atoms with Gasteiger partial charge in [-0.1, -0.05) is 54.1 Å². The standard InChI is InChI=1S/C19H18O3S/c1-14-6-10-18(11-7-14)23(21,22)13-19(20)17-9-8-15-4-2-3-5-16(15)12-17/h2-12,19-20H,13H2,1H3. The van der Waals surface area contributed by atoms with E-state index in [0.717, 1.165) is 16.3 Å². The van der Waals surface area contributed by atoms with E-state index >= 15 is 0 Å². The van der Waals surface area contributed by atoms with E-state index in [0.29, 0.717) is 5.56 Å². The Morgan fingerprint density at radius 3 is 2.26 bits per heavy atom.